The van der Waals surface area contributed by atoms with Crippen molar-refractivity contribution >= 4 is 27.3 Å². The molecule has 0 saturated heterocycles. The smallest absolute Gasteiger partial charge is 0.264 e. The Kier molecular flexibility index (Phi) is 5.65. The topological polar surface area (TPSA) is 66.9 Å². The number of nitrogens with zero attached hydrogens (tertiary/aromatic N) is 2. The van der Waals surface area contributed by atoms with Crippen LogP contribution in [0.5, 0.6) is 5.75 Å². The van der Waals surface area contributed by atoms with E-state index >= 15 is 0 Å². The van der Waals surface area contributed by atoms with Gasteiger partial charge in [-0.25, -0.2) is 12.8 Å². The molecule has 1 amide bonds. The molecule has 0 saturated carbocycles. The Morgan fingerprint density at radius 2 is 1.71 bits per heavy atom. The van der Waals surface area contributed by atoms with Gasteiger partial charge >= 0.3 is 0 Å². The molecule has 3 aromatic carbocycles. The van der Waals surface area contributed by atoms with Crippen LogP contribution < -0.4 is 13.9 Å². The first-order valence-corrected chi connectivity index (χ1v) is 11.2. The van der Waals surface area contributed by atoms with E-state index < -0.39 is 22.4 Å². The van der Waals surface area contributed by atoms with Crippen LogP contribution in [-0.4, -0.2) is 34.5 Å². The molecule has 0 bridgehead atoms. The fourth-order valence-electron chi connectivity index (χ4n) is 3.67. The first kappa shape index (κ1) is 20.9. The zero-order chi connectivity index (χ0) is 22.0. The van der Waals surface area contributed by atoms with Crippen molar-refractivity contribution in [1.82, 2.24) is 0 Å². The third-order valence-electron chi connectivity index (χ3n) is 5.22. The molecular weight excluding hydrogens is 419 g/mol. The van der Waals surface area contributed by atoms with Crippen LogP contribution in [0.25, 0.3) is 0 Å². The number of carbonyl (C=O) groups excluding carboxylic acids is 1. The Morgan fingerprint density at radius 1 is 1.03 bits per heavy atom. The van der Waals surface area contributed by atoms with E-state index in [4.69, 9.17) is 4.74 Å². The van der Waals surface area contributed by atoms with Gasteiger partial charge in [0.2, 0.25) is 5.91 Å². The highest BCUT2D eigenvalue weighted by atomic mass is 32.2. The van der Waals surface area contributed by atoms with Gasteiger partial charge in [0.25, 0.3) is 10.0 Å². The summed E-state index contributed by atoms with van der Waals surface area (Å²) in [4.78, 5) is 14.7. The Bertz CT molecular complexity index is 1210. The van der Waals surface area contributed by atoms with Gasteiger partial charge in [0.05, 0.1) is 17.7 Å². The minimum atomic E-state index is -4.17. The second-order valence-electron chi connectivity index (χ2n) is 7.06. The molecule has 8 heteroatoms. The van der Waals surface area contributed by atoms with Gasteiger partial charge < -0.3 is 9.64 Å². The van der Waals surface area contributed by atoms with Gasteiger partial charge in [-0.2, -0.15) is 0 Å². The predicted octanol–water partition coefficient (Wildman–Crippen LogP) is 3.62. The van der Waals surface area contributed by atoms with Crippen molar-refractivity contribution in [2.75, 3.05) is 29.4 Å². The van der Waals surface area contributed by atoms with Crippen LogP contribution in [-0.2, 0) is 21.2 Å². The van der Waals surface area contributed by atoms with E-state index in [9.17, 15) is 17.6 Å². The highest BCUT2D eigenvalue weighted by Crippen LogP contribution is 2.33. The van der Waals surface area contributed by atoms with E-state index in [-0.39, 0.29) is 16.5 Å². The lowest BCUT2D eigenvalue weighted by Crippen LogP contribution is -2.42. The number of ether oxygens (including phenoxy) is 1. The zero-order valence-electron chi connectivity index (χ0n) is 16.9. The van der Waals surface area contributed by atoms with Gasteiger partial charge in [0, 0.05) is 12.2 Å². The first-order valence-electron chi connectivity index (χ1n) is 9.71. The fraction of sp³-hybridized carbons (Fsp3) is 0.174. The number of carbonyl (C=O) groups is 1. The first-order chi connectivity index (χ1) is 14.9. The fourth-order valence-corrected chi connectivity index (χ4v) is 5.10. The number of methoxy groups -OCH3 is 1. The van der Waals surface area contributed by atoms with Crippen molar-refractivity contribution in [1.29, 1.82) is 0 Å². The summed E-state index contributed by atoms with van der Waals surface area (Å²) in [7, 11) is -2.74. The summed E-state index contributed by atoms with van der Waals surface area (Å²) in [6, 6.07) is 18.7. The standard InChI is InChI=1S/C23H21FN2O4S/c1-30-22-9-5-4-8-21(22)26(31(28,29)19-12-10-18(24)11-13-19)16-23(27)25-15-14-17-6-2-3-7-20(17)25/h2-13H,14-16H2,1H3. The number of fused-ring (bicyclic) bond motifs is 1. The summed E-state index contributed by atoms with van der Waals surface area (Å²) < 4.78 is 46.7. The number of halogens is 1. The molecule has 0 fully saturated rings. The zero-order valence-corrected chi connectivity index (χ0v) is 17.7. The summed E-state index contributed by atoms with van der Waals surface area (Å²) in [5, 5.41) is 0. The van der Waals surface area contributed by atoms with E-state index in [1.54, 1.807) is 29.2 Å². The van der Waals surface area contributed by atoms with E-state index in [0.717, 1.165) is 27.7 Å². The lowest BCUT2D eigenvalue weighted by Gasteiger charge is -2.28. The number of hydrogen-bond acceptors (Lipinski definition) is 4. The van der Waals surface area contributed by atoms with Crippen molar-refractivity contribution in [2.24, 2.45) is 0 Å². The maximum Gasteiger partial charge on any atom is 0.264 e. The van der Waals surface area contributed by atoms with Crippen LogP contribution in [0.2, 0.25) is 0 Å². The molecule has 160 valence electrons. The molecule has 0 spiro atoms. The maximum absolute atomic E-state index is 13.5. The molecule has 1 aliphatic rings. The predicted molar refractivity (Wildman–Crippen MR) is 116 cm³/mol. The molecule has 0 N–H and O–H groups in total. The van der Waals surface area contributed by atoms with E-state index in [1.807, 2.05) is 24.3 Å². The molecule has 1 aliphatic heterocycles. The molecule has 0 aromatic heterocycles. The minimum absolute atomic E-state index is 0.116. The highest BCUT2D eigenvalue weighted by Gasteiger charge is 2.33. The average Bonchev–Trinajstić information content (AvgIpc) is 3.22. The summed E-state index contributed by atoms with van der Waals surface area (Å²) >= 11 is 0. The van der Waals surface area contributed by atoms with Crippen LogP contribution in [0.15, 0.2) is 77.7 Å². The molecule has 31 heavy (non-hydrogen) atoms. The SMILES string of the molecule is COc1ccccc1N(CC(=O)N1CCc2ccccc21)S(=O)(=O)c1ccc(F)cc1. The van der Waals surface area contributed by atoms with Crippen molar-refractivity contribution in [2.45, 2.75) is 11.3 Å². The van der Waals surface area contributed by atoms with Gasteiger partial charge in [0.15, 0.2) is 0 Å². The highest BCUT2D eigenvalue weighted by molar-refractivity contribution is 7.92. The molecule has 1 heterocycles. The number of rotatable bonds is 6. The average molecular weight is 440 g/mol. The monoisotopic (exact) mass is 440 g/mol. The Balaban J connectivity index is 1.75. The summed E-state index contributed by atoms with van der Waals surface area (Å²) in [5.74, 6) is -0.600. The second kappa shape index (κ2) is 8.39. The van der Waals surface area contributed by atoms with Crippen molar-refractivity contribution in [3.63, 3.8) is 0 Å². The van der Waals surface area contributed by atoms with Gasteiger partial charge in [-0.05, 0) is 54.4 Å². The third-order valence-corrected chi connectivity index (χ3v) is 7.00. The van der Waals surface area contributed by atoms with E-state index in [0.29, 0.717) is 18.7 Å². The van der Waals surface area contributed by atoms with E-state index in [1.165, 1.54) is 19.2 Å². The quantitative estimate of drug-likeness (QED) is 0.587. The molecule has 0 radical (unpaired) electrons. The maximum atomic E-state index is 13.5. The van der Waals surface area contributed by atoms with Gasteiger partial charge in [-0.15, -0.1) is 0 Å². The van der Waals surface area contributed by atoms with E-state index in [2.05, 4.69) is 0 Å². The Labute approximate surface area is 180 Å². The molecule has 0 unspecified atom stereocenters. The van der Waals surface area contributed by atoms with Crippen LogP contribution >= 0.6 is 0 Å². The molecular formula is C23H21FN2O4S. The Morgan fingerprint density at radius 3 is 2.45 bits per heavy atom. The lowest BCUT2D eigenvalue weighted by atomic mass is 10.2. The number of benzene rings is 3. The normalized spacial score (nSPS) is 13.0. The van der Waals surface area contributed by atoms with Gasteiger partial charge in [0.1, 0.15) is 18.1 Å². The molecule has 6 nitrogen and oxygen atoms in total. The number of sulfonamides is 1. The number of anilines is 2. The largest absolute Gasteiger partial charge is 0.495 e. The molecule has 4 rings (SSSR count). The number of para-hydroxylation sites is 3. The van der Waals surface area contributed by atoms with Crippen LogP contribution in [0, 0.1) is 5.82 Å². The summed E-state index contributed by atoms with van der Waals surface area (Å²) in [5.41, 5.74) is 2.06. The van der Waals surface area contributed by atoms with Crippen LogP contribution in [0.3, 0.4) is 0 Å². The number of hydrogen-bond donors (Lipinski definition) is 0. The second-order valence-corrected chi connectivity index (χ2v) is 8.92. The minimum Gasteiger partial charge on any atom is -0.495 e. The van der Waals surface area contributed by atoms with Gasteiger partial charge in [-0.1, -0.05) is 30.3 Å². The molecule has 3 aromatic rings. The van der Waals surface area contributed by atoms with Crippen molar-refractivity contribution < 1.29 is 22.3 Å². The lowest BCUT2D eigenvalue weighted by molar-refractivity contribution is -0.117. The van der Waals surface area contributed by atoms with Crippen molar-refractivity contribution in [3.05, 3.63) is 84.2 Å². The summed E-state index contributed by atoms with van der Waals surface area (Å²) in [6.45, 7) is 0.0585. The third kappa shape index (κ3) is 3.98. The summed E-state index contributed by atoms with van der Waals surface area (Å²) in [6.07, 6.45) is 0.710. The van der Waals surface area contributed by atoms with Gasteiger partial charge in [-0.3, -0.25) is 9.10 Å². The number of amides is 1. The van der Waals surface area contributed by atoms with Crippen LogP contribution in [0.4, 0.5) is 15.8 Å². The van der Waals surface area contributed by atoms with Crippen LogP contribution in [0.1, 0.15) is 5.56 Å². The molecule has 0 atom stereocenters. The Hall–Kier alpha value is -3.39. The van der Waals surface area contributed by atoms with Crippen molar-refractivity contribution in [3.8, 4) is 5.75 Å². The molecule has 0 aliphatic carbocycles.